The first-order valence-corrected chi connectivity index (χ1v) is 6.66. The molecule has 0 atom stereocenters. The van der Waals surface area contributed by atoms with Gasteiger partial charge in [0.05, 0.1) is 24.3 Å². The maximum absolute atomic E-state index is 6.05. The van der Waals surface area contributed by atoms with E-state index in [1.807, 2.05) is 47.6 Å². The molecule has 0 aromatic heterocycles. The molecule has 0 amide bonds. The summed E-state index contributed by atoms with van der Waals surface area (Å²) in [5.74, 6) is 0.872. The molecular weight excluding hydrogens is 272 g/mol. The van der Waals surface area contributed by atoms with Crippen molar-refractivity contribution >= 4 is 40.8 Å². The van der Waals surface area contributed by atoms with Crippen molar-refractivity contribution in [2.24, 2.45) is 9.98 Å². The highest BCUT2D eigenvalue weighted by atomic mass is 35.5. The highest BCUT2D eigenvalue weighted by Gasteiger charge is 2.25. The first-order valence-electron chi connectivity index (χ1n) is 6.28. The number of anilines is 1. The molecule has 2 aromatic carbocycles. The van der Waals surface area contributed by atoms with E-state index in [2.05, 4.69) is 4.99 Å². The standard InChI is InChI=1S/C15H11ClN4/c16-10-2-1-9-7-20-8-18-13-4-3-11(17)6-12(13)15(20)19-14(9)5-10/h1-6,8H,7,17H2. The molecule has 2 heterocycles. The molecule has 0 saturated carbocycles. The molecule has 0 bridgehead atoms. The topological polar surface area (TPSA) is 54.0 Å². The fourth-order valence-electron chi connectivity index (χ4n) is 2.50. The number of hydrogen-bond donors (Lipinski definition) is 1. The van der Waals surface area contributed by atoms with E-state index in [1.165, 1.54) is 0 Å². The Bertz CT molecular complexity index is 779. The van der Waals surface area contributed by atoms with Crippen LogP contribution in [-0.2, 0) is 6.54 Å². The molecule has 0 radical (unpaired) electrons. The molecule has 0 unspecified atom stereocenters. The van der Waals surface area contributed by atoms with Crippen LogP contribution in [0.4, 0.5) is 17.1 Å². The van der Waals surface area contributed by atoms with Crippen LogP contribution in [0, 0.1) is 0 Å². The van der Waals surface area contributed by atoms with Crippen molar-refractivity contribution in [1.82, 2.24) is 4.90 Å². The average molecular weight is 283 g/mol. The number of amidine groups is 1. The van der Waals surface area contributed by atoms with Gasteiger partial charge in [-0.2, -0.15) is 0 Å². The molecule has 5 heteroatoms. The van der Waals surface area contributed by atoms with E-state index >= 15 is 0 Å². The molecule has 0 aliphatic carbocycles. The number of benzene rings is 2. The van der Waals surface area contributed by atoms with Crippen molar-refractivity contribution in [3.63, 3.8) is 0 Å². The Morgan fingerprint density at radius 3 is 2.90 bits per heavy atom. The van der Waals surface area contributed by atoms with Gasteiger partial charge in [0.1, 0.15) is 5.84 Å². The van der Waals surface area contributed by atoms with Gasteiger partial charge in [-0.1, -0.05) is 17.7 Å². The molecule has 20 heavy (non-hydrogen) atoms. The molecule has 0 fully saturated rings. The van der Waals surface area contributed by atoms with Gasteiger partial charge < -0.3 is 10.6 Å². The predicted molar refractivity (Wildman–Crippen MR) is 82.2 cm³/mol. The number of rotatable bonds is 0. The summed E-state index contributed by atoms with van der Waals surface area (Å²) in [5, 5.41) is 0.693. The maximum Gasteiger partial charge on any atom is 0.144 e. The molecule has 2 aliphatic heterocycles. The Balaban J connectivity index is 1.93. The zero-order chi connectivity index (χ0) is 13.7. The fourth-order valence-corrected chi connectivity index (χ4v) is 2.67. The summed E-state index contributed by atoms with van der Waals surface area (Å²) < 4.78 is 0. The minimum atomic E-state index is 0.693. The maximum atomic E-state index is 6.05. The van der Waals surface area contributed by atoms with Gasteiger partial charge in [-0.25, -0.2) is 9.98 Å². The third-order valence-electron chi connectivity index (χ3n) is 3.48. The first-order chi connectivity index (χ1) is 9.70. The Kier molecular flexibility index (Phi) is 2.35. The Morgan fingerprint density at radius 1 is 1.10 bits per heavy atom. The molecule has 4 nitrogen and oxygen atoms in total. The molecule has 2 aliphatic rings. The average Bonchev–Trinajstić information content (AvgIpc) is 2.45. The number of hydrogen-bond acceptors (Lipinski definition) is 4. The number of nitrogens with zero attached hydrogens (tertiary/aromatic N) is 3. The monoisotopic (exact) mass is 282 g/mol. The third-order valence-corrected chi connectivity index (χ3v) is 3.72. The van der Waals surface area contributed by atoms with Gasteiger partial charge >= 0.3 is 0 Å². The smallest absolute Gasteiger partial charge is 0.144 e. The largest absolute Gasteiger partial charge is 0.399 e. The van der Waals surface area contributed by atoms with Crippen LogP contribution < -0.4 is 5.73 Å². The van der Waals surface area contributed by atoms with E-state index in [9.17, 15) is 0 Å². The molecule has 0 spiro atoms. The van der Waals surface area contributed by atoms with Gasteiger partial charge in [-0.15, -0.1) is 0 Å². The summed E-state index contributed by atoms with van der Waals surface area (Å²) in [6.07, 6.45) is 1.81. The minimum absolute atomic E-state index is 0.693. The van der Waals surface area contributed by atoms with Gasteiger partial charge in [0, 0.05) is 16.3 Å². The van der Waals surface area contributed by atoms with E-state index in [0.717, 1.165) is 34.9 Å². The molecule has 4 rings (SSSR count). The molecule has 2 aromatic rings. The number of nitrogen functional groups attached to an aromatic ring is 1. The number of halogens is 1. The lowest BCUT2D eigenvalue weighted by Gasteiger charge is -2.30. The van der Waals surface area contributed by atoms with Crippen molar-refractivity contribution in [3.05, 3.63) is 52.5 Å². The van der Waals surface area contributed by atoms with Crippen LogP contribution in [-0.4, -0.2) is 17.1 Å². The fraction of sp³-hybridized carbons (Fsp3) is 0.0667. The third kappa shape index (κ3) is 1.69. The van der Waals surface area contributed by atoms with Crippen LogP contribution in [0.3, 0.4) is 0 Å². The molecule has 0 saturated heterocycles. The number of aliphatic imine (C=N–C) groups is 2. The van der Waals surface area contributed by atoms with E-state index < -0.39 is 0 Å². The zero-order valence-corrected chi connectivity index (χ0v) is 11.3. The lowest BCUT2D eigenvalue weighted by molar-refractivity contribution is 0.608. The summed E-state index contributed by atoms with van der Waals surface area (Å²) in [6.45, 7) is 0.739. The van der Waals surface area contributed by atoms with Crippen LogP contribution in [0.5, 0.6) is 0 Å². The number of nitrogens with two attached hydrogens (primary N) is 1. The second kappa shape index (κ2) is 4.08. The van der Waals surface area contributed by atoms with E-state index in [-0.39, 0.29) is 0 Å². The van der Waals surface area contributed by atoms with Crippen molar-refractivity contribution in [2.45, 2.75) is 6.54 Å². The van der Waals surface area contributed by atoms with E-state index in [1.54, 1.807) is 0 Å². The van der Waals surface area contributed by atoms with Crippen molar-refractivity contribution < 1.29 is 0 Å². The second-order valence-electron chi connectivity index (χ2n) is 4.86. The molecule has 2 N–H and O–H groups in total. The van der Waals surface area contributed by atoms with Crippen molar-refractivity contribution in [3.8, 4) is 0 Å². The Labute approximate surface area is 121 Å². The second-order valence-corrected chi connectivity index (χ2v) is 5.29. The van der Waals surface area contributed by atoms with Gasteiger partial charge in [0.15, 0.2) is 0 Å². The highest BCUT2D eigenvalue weighted by molar-refractivity contribution is 6.31. The van der Waals surface area contributed by atoms with Crippen LogP contribution in [0.1, 0.15) is 11.1 Å². The zero-order valence-electron chi connectivity index (χ0n) is 10.5. The van der Waals surface area contributed by atoms with Gasteiger partial charge in [-0.05, 0) is 35.9 Å². The Morgan fingerprint density at radius 2 is 2.00 bits per heavy atom. The summed E-state index contributed by atoms with van der Waals surface area (Å²) in [6, 6.07) is 11.4. The normalized spacial score (nSPS) is 15.2. The van der Waals surface area contributed by atoms with Crippen LogP contribution in [0.15, 0.2) is 46.4 Å². The summed E-state index contributed by atoms with van der Waals surface area (Å²) >= 11 is 6.05. The van der Waals surface area contributed by atoms with Gasteiger partial charge in [0.2, 0.25) is 0 Å². The number of fused-ring (bicyclic) bond motifs is 4. The molecular formula is C15H11ClN4. The highest BCUT2D eigenvalue weighted by Crippen LogP contribution is 2.34. The van der Waals surface area contributed by atoms with Gasteiger partial charge in [0.25, 0.3) is 0 Å². The lowest BCUT2D eigenvalue weighted by atomic mass is 10.0. The van der Waals surface area contributed by atoms with Crippen LogP contribution >= 0.6 is 11.6 Å². The minimum Gasteiger partial charge on any atom is -0.399 e. The Hall–Kier alpha value is -2.33. The van der Waals surface area contributed by atoms with E-state index in [4.69, 9.17) is 22.3 Å². The van der Waals surface area contributed by atoms with Crippen molar-refractivity contribution in [1.29, 1.82) is 0 Å². The summed E-state index contributed by atoms with van der Waals surface area (Å²) in [5.41, 5.74) is 10.5. The molecule has 98 valence electrons. The first kappa shape index (κ1) is 11.5. The lowest BCUT2D eigenvalue weighted by Crippen LogP contribution is -2.34. The quantitative estimate of drug-likeness (QED) is 0.752. The summed E-state index contributed by atoms with van der Waals surface area (Å²) in [4.78, 5) is 11.2. The predicted octanol–water partition coefficient (Wildman–Crippen LogP) is 3.49. The van der Waals surface area contributed by atoms with Gasteiger partial charge in [-0.3, -0.25) is 0 Å². The van der Waals surface area contributed by atoms with Crippen molar-refractivity contribution in [2.75, 3.05) is 5.73 Å². The van der Waals surface area contributed by atoms with Crippen LogP contribution in [0.2, 0.25) is 5.02 Å². The SMILES string of the molecule is Nc1ccc2c(c1)C1=Nc3cc(Cl)ccc3CN1C=N2. The summed E-state index contributed by atoms with van der Waals surface area (Å²) in [7, 11) is 0. The van der Waals surface area contributed by atoms with E-state index in [0.29, 0.717) is 10.7 Å². The van der Waals surface area contributed by atoms with Crippen LogP contribution in [0.25, 0.3) is 0 Å².